The summed E-state index contributed by atoms with van der Waals surface area (Å²) in [6.45, 7) is 6.45. The average Bonchev–Trinajstić information content (AvgIpc) is 3.11. The molecule has 0 spiro atoms. The van der Waals surface area contributed by atoms with E-state index >= 15 is 0 Å². The minimum atomic E-state index is -0.350. The van der Waals surface area contributed by atoms with Crippen LogP contribution in [0.25, 0.3) is 0 Å². The Kier molecular flexibility index (Phi) is 4.03. The SMILES string of the molecule is C[C@@]12CC3CC(NC(=O)c4ccc(N5CCCC5)c([N+](=O)[O-])c4)(C1)C[C@@](C)(C3)C2. The maximum atomic E-state index is 13.2. The first kappa shape index (κ1) is 18.9. The molecule has 156 valence electrons. The molecule has 29 heavy (non-hydrogen) atoms. The highest BCUT2D eigenvalue weighted by molar-refractivity contribution is 5.96. The Labute approximate surface area is 172 Å². The van der Waals surface area contributed by atoms with Crippen LogP contribution in [0.4, 0.5) is 11.4 Å². The van der Waals surface area contributed by atoms with Gasteiger partial charge in [0, 0.05) is 30.3 Å². The Bertz CT molecular complexity index is 858. The fourth-order valence-corrected chi connectivity index (χ4v) is 7.94. The summed E-state index contributed by atoms with van der Waals surface area (Å²) in [5, 5.41) is 15.1. The average molecular weight is 398 g/mol. The van der Waals surface area contributed by atoms with Crippen LogP contribution in [0.3, 0.4) is 0 Å². The summed E-state index contributed by atoms with van der Waals surface area (Å²) in [6, 6.07) is 5.01. The first-order chi connectivity index (χ1) is 13.7. The van der Waals surface area contributed by atoms with Gasteiger partial charge in [-0.3, -0.25) is 14.9 Å². The highest BCUT2D eigenvalue weighted by Gasteiger charge is 2.60. The molecule has 1 amide bonds. The fraction of sp³-hybridized carbons (Fsp3) is 0.696. The summed E-state index contributed by atoms with van der Waals surface area (Å²) in [6.07, 6.45) is 9.03. The van der Waals surface area contributed by atoms with Gasteiger partial charge in [-0.15, -0.1) is 0 Å². The van der Waals surface area contributed by atoms with Gasteiger partial charge in [0.25, 0.3) is 11.6 Å². The number of hydrogen-bond acceptors (Lipinski definition) is 4. The van der Waals surface area contributed by atoms with Gasteiger partial charge in [-0.25, -0.2) is 0 Å². The lowest BCUT2D eigenvalue weighted by Crippen LogP contribution is -2.65. The van der Waals surface area contributed by atoms with Crippen LogP contribution in [-0.4, -0.2) is 29.5 Å². The molecule has 6 nitrogen and oxygen atoms in total. The second-order valence-electron chi connectivity index (χ2n) is 11.0. The Balaban J connectivity index is 1.41. The summed E-state index contributed by atoms with van der Waals surface area (Å²) in [4.78, 5) is 26.6. The number of nitrogens with one attached hydrogen (secondary N) is 1. The van der Waals surface area contributed by atoms with E-state index in [2.05, 4.69) is 24.1 Å². The third kappa shape index (κ3) is 3.21. The van der Waals surface area contributed by atoms with Crippen molar-refractivity contribution in [1.29, 1.82) is 0 Å². The van der Waals surface area contributed by atoms with E-state index in [4.69, 9.17) is 0 Å². The molecule has 4 bridgehead atoms. The van der Waals surface area contributed by atoms with Gasteiger partial charge >= 0.3 is 0 Å². The predicted octanol–water partition coefficient (Wildman–Crippen LogP) is 4.67. The van der Waals surface area contributed by atoms with Gasteiger partial charge in [0.15, 0.2) is 0 Å². The van der Waals surface area contributed by atoms with Crippen LogP contribution in [0.5, 0.6) is 0 Å². The smallest absolute Gasteiger partial charge is 0.293 e. The molecule has 4 saturated carbocycles. The zero-order valence-electron chi connectivity index (χ0n) is 17.5. The Morgan fingerprint density at radius 3 is 2.34 bits per heavy atom. The van der Waals surface area contributed by atoms with Gasteiger partial charge in [0.2, 0.25) is 0 Å². The Morgan fingerprint density at radius 1 is 1.10 bits per heavy atom. The molecule has 1 aromatic rings. The van der Waals surface area contributed by atoms with Gasteiger partial charge in [-0.2, -0.15) is 0 Å². The second kappa shape index (κ2) is 6.19. The summed E-state index contributed by atoms with van der Waals surface area (Å²) in [5.41, 5.74) is 1.57. The number of nitro groups is 1. The molecule has 4 aliphatic carbocycles. The lowest BCUT2D eigenvalue weighted by Gasteiger charge is -2.65. The molecule has 1 N–H and O–H groups in total. The maximum absolute atomic E-state index is 13.2. The number of amides is 1. The molecule has 1 heterocycles. The number of nitrogens with zero attached hydrogens (tertiary/aromatic N) is 2. The molecule has 5 aliphatic rings. The molecule has 1 saturated heterocycles. The van der Waals surface area contributed by atoms with Crippen LogP contribution in [0.15, 0.2) is 18.2 Å². The van der Waals surface area contributed by atoms with E-state index < -0.39 is 0 Å². The third-order valence-corrected chi connectivity index (χ3v) is 7.89. The van der Waals surface area contributed by atoms with Crippen LogP contribution in [0.2, 0.25) is 0 Å². The van der Waals surface area contributed by atoms with Crippen molar-refractivity contribution in [2.75, 3.05) is 18.0 Å². The highest BCUT2D eigenvalue weighted by atomic mass is 16.6. The molecule has 0 radical (unpaired) electrons. The summed E-state index contributed by atoms with van der Waals surface area (Å²) >= 11 is 0. The molecule has 1 aliphatic heterocycles. The minimum absolute atomic E-state index is 0.0454. The van der Waals surface area contributed by atoms with Crippen LogP contribution in [0, 0.1) is 26.9 Å². The number of anilines is 1. The van der Waals surface area contributed by atoms with Crippen LogP contribution in [0.1, 0.15) is 75.6 Å². The number of hydrogen-bond donors (Lipinski definition) is 1. The van der Waals surface area contributed by atoms with Crippen LogP contribution in [-0.2, 0) is 0 Å². The van der Waals surface area contributed by atoms with E-state index in [1.807, 2.05) is 0 Å². The van der Waals surface area contributed by atoms with Crippen molar-refractivity contribution < 1.29 is 9.72 Å². The zero-order chi connectivity index (χ0) is 20.4. The largest absolute Gasteiger partial charge is 0.366 e. The van der Waals surface area contributed by atoms with Crippen LogP contribution < -0.4 is 10.2 Å². The Morgan fingerprint density at radius 2 is 1.76 bits per heavy atom. The van der Waals surface area contributed by atoms with E-state index in [0.717, 1.165) is 45.2 Å². The van der Waals surface area contributed by atoms with Crippen molar-refractivity contribution in [3.63, 3.8) is 0 Å². The van der Waals surface area contributed by atoms with Crippen molar-refractivity contribution in [3.05, 3.63) is 33.9 Å². The van der Waals surface area contributed by atoms with Crippen molar-refractivity contribution in [1.82, 2.24) is 5.32 Å². The molecule has 0 aromatic heterocycles. The molecular weight excluding hydrogens is 366 g/mol. The fourth-order valence-electron chi connectivity index (χ4n) is 7.94. The standard InChI is InChI=1S/C23H31N3O3/c1-21-10-16-11-22(2,13-21)15-23(12-16,14-21)24-20(27)17-5-6-18(19(9-17)26(28)29)25-7-3-4-8-25/h5-6,9,16H,3-4,7-8,10-15H2,1-2H3,(H,24,27)/t16?,21-,22-,23?/m0/s1. The number of carbonyl (C=O) groups excluding carboxylic acids is 1. The van der Waals surface area contributed by atoms with Gasteiger partial charge in [0.05, 0.1) is 4.92 Å². The number of nitro benzene ring substituents is 1. The molecule has 2 atom stereocenters. The van der Waals surface area contributed by atoms with Gasteiger partial charge in [-0.05, 0) is 80.2 Å². The first-order valence-electron chi connectivity index (χ1n) is 11.0. The molecule has 6 heteroatoms. The summed E-state index contributed by atoms with van der Waals surface area (Å²) in [5.74, 6) is 0.531. The molecule has 1 aromatic carbocycles. The van der Waals surface area contributed by atoms with E-state index in [9.17, 15) is 14.9 Å². The van der Waals surface area contributed by atoms with Gasteiger partial charge in [-0.1, -0.05) is 13.8 Å². The van der Waals surface area contributed by atoms with Crippen molar-refractivity contribution in [2.24, 2.45) is 16.7 Å². The molecule has 5 fully saturated rings. The third-order valence-electron chi connectivity index (χ3n) is 7.89. The highest BCUT2D eigenvalue weighted by Crippen LogP contribution is 2.66. The molecule has 0 unspecified atom stereocenters. The summed E-state index contributed by atoms with van der Waals surface area (Å²) in [7, 11) is 0. The zero-order valence-corrected chi connectivity index (χ0v) is 17.5. The van der Waals surface area contributed by atoms with E-state index in [1.54, 1.807) is 12.1 Å². The van der Waals surface area contributed by atoms with Gasteiger partial charge < -0.3 is 10.2 Å². The quantitative estimate of drug-likeness (QED) is 0.591. The lowest BCUT2D eigenvalue weighted by molar-refractivity contribution is -0.384. The number of benzene rings is 1. The number of rotatable bonds is 4. The normalized spacial score (nSPS) is 37.7. The summed E-state index contributed by atoms with van der Waals surface area (Å²) < 4.78 is 0. The minimum Gasteiger partial charge on any atom is -0.366 e. The first-order valence-corrected chi connectivity index (χ1v) is 11.0. The van der Waals surface area contributed by atoms with Crippen molar-refractivity contribution in [2.45, 2.75) is 70.8 Å². The van der Waals surface area contributed by atoms with Crippen molar-refractivity contribution >= 4 is 17.3 Å². The van der Waals surface area contributed by atoms with E-state index in [1.165, 1.54) is 25.3 Å². The molecular formula is C23H31N3O3. The Hall–Kier alpha value is -2.11. The topological polar surface area (TPSA) is 75.5 Å². The second-order valence-corrected chi connectivity index (χ2v) is 11.0. The monoisotopic (exact) mass is 397 g/mol. The number of carbonyl (C=O) groups is 1. The van der Waals surface area contributed by atoms with E-state index in [0.29, 0.717) is 28.0 Å². The van der Waals surface area contributed by atoms with Crippen LogP contribution >= 0.6 is 0 Å². The predicted molar refractivity (Wildman–Crippen MR) is 112 cm³/mol. The maximum Gasteiger partial charge on any atom is 0.293 e. The van der Waals surface area contributed by atoms with Crippen molar-refractivity contribution in [3.8, 4) is 0 Å². The lowest BCUT2D eigenvalue weighted by atomic mass is 9.43. The molecule has 6 rings (SSSR count). The van der Waals surface area contributed by atoms with Gasteiger partial charge in [0.1, 0.15) is 5.69 Å². The van der Waals surface area contributed by atoms with E-state index in [-0.39, 0.29) is 22.1 Å².